The van der Waals surface area contributed by atoms with E-state index in [2.05, 4.69) is 20.2 Å². The topological polar surface area (TPSA) is 67.3 Å². The smallest absolute Gasteiger partial charge is 0.229 e. The molecule has 3 heterocycles. The minimum atomic E-state index is -0.249. The molecule has 2 aliphatic heterocycles. The van der Waals surface area contributed by atoms with Gasteiger partial charge in [0.05, 0.1) is 12.3 Å². The number of fused-ring (bicyclic) bond motifs is 1. The lowest BCUT2D eigenvalue weighted by atomic mass is 9.79. The summed E-state index contributed by atoms with van der Waals surface area (Å²) in [5, 5.41) is 2.86. The standard InChI is InChI=1S/C19H21FN4O2/c20-13-2-1-3-14(10-13)24-8-4-17-16(12-24)15(5-9-26-17)19(25)23-18-11-21-6-7-22-18/h1-3,6-7,10-11,15-17H,4-5,8-9,12H2,(H,22,23,25)/t15-,16-,17-/m1/s1. The number of hydrogen-bond donors (Lipinski definition) is 1. The van der Waals surface area contributed by atoms with Crippen molar-refractivity contribution in [3.05, 3.63) is 48.7 Å². The van der Waals surface area contributed by atoms with Crippen molar-refractivity contribution in [2.24, 2.45) is 11.8 Å². The molecular formula is C19H21FN4O2. The van der Waals surface area contributed by atoms with Crippen LogP contribution in [0.3, 0.4) is 0 Å². The van der Waals surface area contributed by atoms with Gasteiger partial charge in [0.1, 0.15) is 5.82 Å². The van der Waals surface area contributed by atoms with Crippen molar-refractivity contribution in [3.8, 4) is 0 Å². The van der Waals surface area contributed by atoms with Gasteiger partial charge in [-0.15, -0.1) is 0 Å². The van der Waals surface area contributed by atoms with Crippen molar-refractivity contribution in [1.82, 2.24) is 9.97 Å². The maximum Gasteiger partial charge on any atom is 0.229 e. The Bertz CT molecular complexity index is 773. The molecule has 0 spiro atoms. The Labute approximate surface area is 151 Å². The van der Waals surface area contributed by atoms with Crippen molar-refractivity contribution in [2.75, 3.05) is 29.9 Å². The number of amides is 1. The van der Waals surface area contributed by atoms with Crippen LogP contribution in [0.5, 0.6) is 0 Å². The monoisotopic (exact) mass is 356 g/mol. The SMILES string of the molecule is O=C(Nc1cnccn1)[C@@H]1CCO[C@@H]2CCN(c3cccc(F)c3)C[C@@H]21. The van der Waals surface area contributed by atoms with Crippen LogP contribution in [0.2, 0.25) is 0 Å². The van der Waals surface area contributed by atoms with E-state index in [1.807, 2.05) is 6.07 Å². The van der Waals surface area contributed by atoms with Gasteiger partial charge in [-0.25, -0.2) is 9.37 Å². The number of aromatic nitrogens is 2. The average molecular weight is 356 g/mol. The van der Waals surface area contributed by atoms with Crippen molar-refractivity contribution < 1.29 is 13.9 Å². The van der Waals surface area contributed by atoms with Crippen LogP contribution < -0.4 is 10.2 Å². The van der Waals surface area contributed by atoms with Gasteiger partial charge in [-0.2, -0.15) is 0 Å². The summed E-state index contributed by atoms with van der Waals surface area (Å²) in [4.78, 5) is 23.0. The third-order valence-electron chi connectivity index (χ3n) is 5.19. The maximum absolute atomic E-state index is 13.6. The number of carbonyl (C=O) groups excluding carboxylic acids is 1. The second-order valence-electron chi connectivity index (χ2n) is 6.76. The number of nitrogens with one attached hydrogen (secondary N) is 1. The van der Waals surface area contributed by atoms with Gasteiger partial charge in [0.2, 0.25) is 5.91 Å². The number of nitrogens with zero attached hydrogens (tertiary/aromatic N) is 3. The molecule has 1 aromatic carbocycles. The summed E-state index contributed by atoms with van der Waals surface area (Å²) in [6.45, 7) is 2.05. The number of hydrogen-bond acceptors (Lipinski definition) is 5. The minimum Gasteiger partial charge on any atom is -0.378 e. The first-order valence-electron chi connectivity index (χ1n) is 8.90. The second-order valence-corrected chi connectivity index (χ2v) is 6.76. The highest BCUT2D eigenvalue weighted by Gasteiger charge is 2.41. The van der Waals surface area contributed by atoms with E-state index in [9.17, 15) is 9.18 Å². The van der Waals surface area contributed by atoms with E-state index in [-0.39, 0.29) is 29.7 Å². The third kappa shape index (κ3) is 3.53. The Morgan fingerprint density at radius 2 is 2.23 bits per heavy atom. The van der Waals surface area contributed by atoms with Gasteiger partial charge in [0.25, 0.3) is 0 Å². The predicted octanol–water partition coefficient (Wildman–Crippen LogP) is 2.49. The lowest BCUT2D eigenvalue weighted by molar-refractivity contribution is -0.131. The molecule has 26 heavy (non-hydrogen) atoms. The molecule has 2 aliphatic rings. The van der Waals surface area contributed by atoms with Gasteiger partial charge in [-0.05, 0) is 31.0 Å². The number of rotatable bonds is 3. The van der Waals surface area contributed by atoms with Crippen LogP contribution >= 0.6 is 0 Å². The average Bonchev–Trinajstić information content (AvgIpc) is 2.68. The molecule has 3 atom stereocenters. The minimum absolute atomic E-state index is 0.0510. The van der Waals surface area contributed by atoms with Crippen LogP contribution in [0.4, 0.5) is 15.9 Å². The zero-order valence-corrected chi connectivity index (χ0v) is 14.3. The van der Waals surface area contributed by atoms with E-state index in [0.717, 1.165) is 18.7 Å². The molecule has 4 rings (SSSR count). The highest BCUT2D eigenvalue weighted by Crippen LogP contribution is 2.35. The molecule has 136 valence electrons. The van der Waals surface area contributed by atoms with Crippen LogP contribution in [-0.4, -0.2) is 41.7 Å². The molecule has 2 aromatic rings. The summed E-state index contributed by atoms with van der Waals surface area (Å²) in [6, 6.07) is 6.60. The number of halogens is 1. The lowest BCUT2D eigenvalue weighted by Gasteiger charge is -2.45. The fraction of sp³-hybridized carbons (Fsp3) is 0.421. The first-order valence-corrected chi connectivity index (χ1v) is 8.90. The van der Waals surface area contributed by atoms with Crippen LogP contribution in [0, 0.1) is 17.7 Å². The molecule has 1 N–H and O–H groups in total. The number of ether oxygens (including phenoxy) is 1. The first-order chi connectivity index (χ1) is 12.7. The van der Waals surface area contributed by atoms with Crippen LogP contribution in [0.25, 0.3) is 0 Å². The zero-order valence-electron chi connectivity index (χ0n) is 14.3. The highest BCUT2D eigenvalue weighted by atomic mass is 19.1. The van der Waals surface area contributed by atoms with E-state index in [1.165, 1.54) is 12.3 Å². The summed E-state index contributed by atoms with van der Waals surface area (Å²) in [6.07, 6.45) is 6.22. The zero-order chi connectivity index (χ0) is 17.9. The van der Waals surface area contributed by atoms with Gasteiger partial charge in [-0.1, -0.05) is 6.07 Å². The third-order valence-corrected chi connectivity index (χ3v) is 5.19. The molecule has 6 nitrogen and oxygen atoms in total. The summed E-state index contributed by atoms with van der Waals surface area (Å²) >= 11 is 0. The molecule has 1 aromatic heterocycles. The van der Waals surface area contributed by atoms with E-state index >= 15 is 0 Å². The summed E-state index contributed by atoms with van der Waals surface area (Å²) < 4.78 is 19.5. The fourth-order valence-electron chi connectivity index (χ4n) is 3.93. The van der Waals surface area contributed by atoms with Crippen LogP contribution in [-0.2, 0) is 9.53 Å². The van der Waals surface area contributed by atoms with Gasteiger partial charge in [-0.3, -0.25) is 9.78 Å². The van der Waals surface area contributed by atoms with Gasteiger partial charge in [0, 0.05) is 49.6 Å². The number of anilines is 2. The molecule has 0 unspecified atom stereocenters. The van der Waals surface area contributed by atoms with Gasteiger partial charge >= 0.3 is 0 Å². The highest BCUT2D eigenvalue weighted by molar-refractivity contribution is 5.91. The molecule has 1 amide bonds. The predicted molar refractivity (Wildman–Crippen MR) is 95.2 cm³/mol. The van der Waals surface area contributed by atoms with Gasteiger partial charge < -0.3 is 15.0 Å². The molecule has 7 heteroatoms. The molecule has 0 aliphatic carbocycles. The normalized spacial score (nSPS) is 25.4. The maximum atomic E-state index is 13.6. The van der Waals surface area contributed by atoms with Crippen LogP contribution in [0.15, 0.2) is 42.9 Å². The Morgan fingerprint density at radius 1 is 1.31 bits per heavy atom. The second kappa shape index (κ2) is 7.37. The summed E-state index contributed by atoms with van der Waals surface area (Å²) in [5.41, 5.74) is 0.849. The van der Waals surface area contributed by atoms with Crippen molar-refractivity contribution >= 4 is 17.4 Å². The number of piperidine rings is 1. The van der Waals surface area contributed by atoms with E-state index < -0.39 is 0 Å². The number of benzene rings is 1. The lowest BCUT2D eigenvalue weighted by Crippen LogP contribution is -2.52. The Balaban J connectivity index is 1.50. The molecule has 0 saturated carbocycles. The summed E-state index contributed by atoms with van der Waals surface area (Å²) in [5.74, 6) is 0.0641. The molecule has 2 saturated heterocycles. The Morgan fingerprint density at radius 3 is 3.04 bits per heavy atom. The largest absolute Gasteiger partial charge is 0.378 e. The molecule has 2 fully saturated rings. The van der Waals surface area contributed by atoms with Crippen molar-refractivity contribution in [2.45, 2.75) is 18.9 Å². The Hall–Kier alpha value is -2.54. The van der Waals surface area contributed by atoms with Crippen molar-refractivity contribution in [1.29, 1.82) is 0 Å². The van der Waals surface area contributed by atoms with Gasteiger partial charge in [0.15, 0.2) is 5.82 Å². The van der Waals surface area contributed by atoms with Crippen LogP contribution in [0.1, 0.15) is 12.8 Å². The quantitative estimate of drug-likeness (QED) is 0.915. The van der Waals surface area contributed by atoms with E-state index in [1.54, 1.807) is 24.5 Å². The molecule has 0 bridgehead atoms. The molecule has 0 radical (unpaired) electrons. The first kappa shape index (κ1) is 16.9. The Kier molecular flexibility index (Phi) is 4.79. The van der Waals surface area contributed by atoms with E-state index in [4.69, 9.17) is 4.74 Å². The van der Waals surface area contributed by atoms with Crippen molar-refractivity contribution in [3.63, 3.8) is 0 Å². The summed E-state index contributed by atoms with van der Waals surface area (Å²) in [7, 11) is 0. The van der Waals surface area contributed by atoms with E-state index in [0.29, 0.717) is 25.4 Å². The fourth-order valence-corrected chi connectivity index (χ4v) is 3.93. The molecular weight excluding hydrogens is 335 g/mol. The number of carbonyl (C=O) groups is 1.